The molecule has 6 bridgehead atoms. The minimum atomic E-state index is -2.87. The number of rotatable bonds is 8. The first-order chi connectivity index (χ1) is 27.2. The summed E-state index contributed by atoms with van der Waals surface area (Å²) in [5.41, 5.74) is 15.8. The van der Waals surface area contributed by atoms with E-state index in [-0.39, 0.29) is 0 Å². The van der Waals surface area contributed by atoms with E-state index in [0.29, 0.717) is 0 Å². The van der Waals surface area contributed by atoms with Crippen LogP contribution in [0, 0.1) is 0 Å². The van der Waals surface area contributed by atoms with Gasteiger partial charge in [0.15, 0.2) is 0 Å². The first kappa shape index (κ1) is 33.3. The first-order valence-corrected chi connectivity index (χ1v) is 22.0. The van der Waals surface area contributed by atoms with Crippen molar-refractivity contribution in [1.82, 2.24) is 8.47 Å². The molecule has 0 radical (unpaired) electrons. The van der Waals surface area contributed by atoms with Crippen LogP contribution in [-0.2, 0) is 0 Å². The van der Waals surface area contributed by atoms with Crippen LogP contribution in [0.15, 0.2) is 191 Å². The lowest BCUT2D eigenvalue weighted by Crippen LogP contribution is -2.60. The van der Waals surface area contributed by atoms with E-state index in [2.05, 4.69) is 192 Å². The van der Waals surface area contributed by atoms with Crippen LogP contribution < -0.4 is 10.7 Å². The van der Waals surface area contributed by atoms with E-state index in [1.165, 1.54) is 66.6 Å². The van der Waals surface area contributed by atoms with Crippen molar-refractivity contribution >= 4 is 42.1 Å². The lowest BCUT2D eigenvalue weighted by Gasteiger charge is -2.40. The van der Waals surface area contributed by atoms with E-state index >= 15 is 0 Å². The average Bonchev–Trinajstić information content (AvgIpc) is 4.06. The van der Waals surface area contributed by atoms with Crippen molar-refractivity contribution in [3.05, 3.63) is 226 Å². The average molecular weight is 727 g/mol. The van der Waals surface area contributed by atoms with Crippen LogP contribution in [-0.4, -0.2) is 28.3 Å². The molecule has 4 aliphatic rings. The number of hydrogen-bond donors (Lipinski definition) is 0. The van der Waals surface area contributed by atoms with Crippen molar-refractivity contribution in [3.8, 4) is 0 Å². The van der Waals surface area contributed by atoms with E-state index in [1.54, 1.807) is 0 Å². The molecule has 4 aromatic carbocycles. The monoisotopic (exact) mass is 726 g/mol. The van der Waals surface area contributed by atoms with E-state index < -0.39 is 8.40 Å². The number of aromatic nitrogens is 2. The third-order valence-electron chi connectivity index (χ3n) is 11.5. The third kappa shape index (κ3) is 5.25. The summed E-state index contributed by atoms with van der Waals surface area (Å²) in [5.74, 6) is 0. The molecule has 266 valence electrons. The van der Waals surface area contributed by atoms with Crippen LogP contribution in [0.1, 0.15) is 60.3 Å². The summed E-state index contributed by atoms with van der Waals surface area (Å²) >= 11 is 0. The highest BCUT2D eigenvalue weighted by Crippen LogP contribution is 2.42. The molecule has 55 heavy (non-hydrogen) atoms. The Morgan fingerprint density at radius 1 is 0.400 bits per heavy atom. The van der Waals surface area contributed by atoms with Gasteiger partial charge >= 0.3 is 0 Å². The topological polar surface area (TPSA) is 34.6 Å². The summed E-state index contributed by atoms with van der Waals surface area (Å²) in [6.07, 6.45) is 11.1. The van der Waals surface area contributed by atoms with Gasteiger partial charge in [-0.25, -0.2) is 9.98 Å². The van der Waals surface area contributed by atoms with Crippen LogP contribution in [0.2, 0.25) is 12.1 Å². The Labute approximate surface area is 323 Å². The number of hydrogen-bond acceptors (Lipinski definition) is 2. The zero-order chi connectivity index (χ0) is 36.9. The van der Waals surface area contributed by atoms with Crippen molar-refractivity contribution in [2.75, 3.05) is 0 Å². The molecule has 4 aliphatic heterocycles. The molecule has 0 saturated heterocycles. The van der Waals surface area contributed by atoms with Crippen LogP contribution in [0.3, 0.4) is 0 Å². The molecule has 0 saturated carbocycles. The van der Waals surface area contributed by atoms with Gasteiger partial charge in [-0.1, -0.05) is 148 Å². The molecule has 0 fully saturated rings. The Bertz CT molecular complexity index is 2610. The predicted octanol–water partition coefficient (Wildman–Crippen LogP) is 9.91. The molecule has 0 atom stereocenters. The molecule has 6 aromatic rings. The third-order valence-corrected chi connectivity index (χ3v) is 16.7. The smallest absolute Gasteiger partial charge is 0.273 e. The van der Waals surface area contributed by atoms with Gasteiger partial charge < -0.3 is 8.47 Å². The molecule has 5 heteroatoms. The summed E-state index contributed by atoms with van der Waals surface area (Å²) < 4.78 is 5.70. The number of aliphatic imine (C=N–C) groups is 2. The lowest BCUT2D eigenvalue weighted by atomic mass is 10.0. The maximum absolute atomic E-state index is 5.59. The Kier molecular flexibility index (Phi) is 8.18. The van der Waals surface area contributed by atoms with Gasteiger partial charge in [-0.05, 0) is 82.9 Å². The summed E-state index contributed by atoms with van der Waals surface area (Å²) in [6, 6.07) is 55.3. The number of allylic oxidation sites excluding steroid dienone is 4. The number of nitrogens with zero attached hydrogens (tertiary/aromatic N) is 4. The van der Waals surface area contributed by atoms with E-state index in [4.69, 9.17) is 9.98 Å². The van der Waals surface area contributed by atoms with Crippen LogP contribution in [0.25, 0.3) is 22.3 Å². The molecule has 0 spiro atoms. The SMILES string of the molecule is CCC[Si]1(CCC)n2c3ccc2C(c2ccccc2)=C2C=CC(=N2)C(c2ccccc2)=c2ccc(n21)=C(c1ccccc1)C1=NC(=C3c2ccccc2)C=C1. The van der Waals surface area contributed by atoms with E-state index in [0.717, 1.165) is 47.7 Å². The molecule has 0 amide bonds. The largest absolute Gasteiger partial charge is 0.349 e. The highest BCUT2D eigenvalue weighted by atomic mass is 28.3. The highest BCUT2D eigenvalue weighted by Gasteiger charge is 2.44. The van der Waals surface area contributed by atoms with Gasteiger partial charge in [0.25, 0.3) is 8.40 Å². The summed E-state index contributed by atoms with van der Waals surface area (Å²) in [6.45, 7) is 4.75. The summed E-state index contributed by atoms with van der Waals surface area (Å²) in [7, 11) is -2.87. The molecule has 0 unspecified atom stereocenters. The Morgan fingerprint density at radius 3 is 1.13 bits per heavy atom. The summed E-state index contributed by atoms with van der Waals surface area (Å²) in [4.78, 5) is 11.2. The molecule has 10 rings (SSSR count). The zero-order valence-corrected chi connectivity index (χ0v) is 32.3. The highest BCUT2D eigenvalue weighted by molar-refractivity contribution is 6.77. The van der Waals surface area contributed by atoms with Crippen LogP contribution in [0.4, 0.5) is 0 Å². The van der Waals surface area contributed by atoms with E-state index in [1.807, 2.05) is 0 Å². The zero-order valence-electron chi connectivity index (χ0n) is 31.3. The summed E-state index contributed by atoms with van der Waals surface area (Å²) in [5, 5.41) is 2.44. The van der Waals surface area contributed by atoms with Gasteiger partial charge in [-0.15, -0.1) is 0 Å². The Hall–Kier alpha value is -6.30. The minimum Gasteiger partial charge on any atom is -0.349 e. The fraction of sp³-hybridized carbons (Fsp3) is 0.120. The van der Waals surface area contributed by atoms with Gasteiger partial charge in [0, 0.05) is 44.4 Å². The van der Waals surface area contributed by atoms with E-state index in [9.17, 15) is 0 Å². The number of fused-ring (bicyclic) bond motifs is 2. The second-order valence-electron chi connectivity index (χ2n) is 14.8. The van der Waals surface area contributed by atoms with Crippen molar-refractivity contribution in [3.63, 3.8) is 0 Å². The van der Waals surface area contributed by atoms with Gasteiger partial charge in [0.2, 0.25) is 0 Å². The molecule has 4 nitrogen and oxygen atoms in total. The van der Waals surface area contributed by atoms with Crippen molar-refractivity contribution in [2.45, 2.75) is 38.8 Å². The second kappa shape index (κ2) is 13.5. The fourth-order valence-corrected chi connectivity index (χ4v) is 14.9. The fourth-order valence-electron chi connectivity index (χ4n) is 9.43. The van der Waals surface area contributed by atoms with Gasteiger partial charge in [0.05, 0.1) is 22.8 Å². The van der Waals surface area contributed by atoms with Crippen molar-refractivity contribution in [2.24, 2.45) is 9.98 Å². The lowest BCUT2D eigenvalue weighted by molar-refractivity contribution is 0.827. The van der Waals surface area contributed by atoms with Gasteiger partial charge in [-0.2, -0.15) is 0 Å². The Balaban J connectivity index is 1.52. The molecule has 2 aromatic heterocycles. The standard InChI is InChI=1S/C50H42N4Si/c1-3-33-55(34-4-2)53-43-29-30-44(53)49(37-21-13-7-14-22-37)41-27-28-42(52-41)50(38-23-15-8-16-24-38)46-32-31-45(54(46)55)48(36-19-11-6-12-20-36)40-26-25-39(51-40)47(43)35-17-9-5-10-18-35/h5-32H,3-4,33-34H2,1-2H3. The first-order valence-electron chi connectivity index (χ1n) is 19.6. The molecule has 0 N–H and O–H groups in total. The van der Waals surface area contributed by atoms with Crippen LogP contribution in [0.5, 0.6) is 0 Å². The van der Waals surface area contributed by atoms with Crippen molar-refractivity contribution < 1.29 is 0 Å². The maximum Gasteiger partial charge on any atom is 0.273 e. The molecule has 0 aliphatic carbocycles. The quantitative estimate of drug-likeness (QED) is 0.140. The van der Waals surface area contributed by atoms with Gasteiger partial charge in [-0.3, -0.25) is 0 Å². The maximum atomic E-state index is 5.59. The predicted molar refractivity (Wildman–Crippen MR) is 231 cm³/mol. The van der Waals surface area contributed by atoms with Crippen molar-refractivity contribution in [1.29, 1.82) is 0 Å². The van der Waals surface area contributed by atoms with Crippen LogP contribution >= 0.6 is 0 Å². The normalized spacial score (nSPS) is 16.5. The van der Waals surface area contributed by atoms with Gasteiger partial charge in [0.1, 0.15) is 0 Å². The minimum absolute atomic E-state index is 0.996. The molecular weight excluding hydrogens is 685 g/mol. The molecular formula is C50H42N4Si. The number of benzene rings is 4. The second-order valence-corrected chi connectivity index (χ2v) is 18.6. The Morgan fingerprint density at radius 2 is 0.764 bits per heavy atom. The molecule has 6 heterocycles.